The fourth-order valence-electron chi connectivity index (χ4n) is 0.757. The Morgan fingerprint density at radius 1 is 1.38 bits per heavy atom. The van der Waals surface area contributed by atoms with Crippen molar-refractivity contribution in [3.8, 4) is 0 Å². The quantitative estimate of drug-likeness (QED) is 0.507. The van der Waals surface area contributed by atoms with Gasteiger partial charge < -0.3 is 5.32 Å². The number of halogens is 4. The molecule has 1 aromatic carbocycles. The first kappa shape index (κ1) is 10.6. The monoisotopic (exact) mass is 313 g/mol. The van der Waals surface area contributed by atoms with E-state index in [0.29, 0.717) is 0 Å². The predicted octanol–water partition coefficient (Wildman–Crippen LogP) is 3.06. The summed E-state index contributed by atoms with van der Waals surface area (Å²) in [5.41, 5.74) is -0.212. The number of anilines is 1. The standard InChI is InChI=1S/C7H3Br2F2NO/c8-3-1-4(10)7(12-2-13)5(9)6(3)11/h1-2H,(H,12,13). The second-order valence-electron chi connectivity index (χ2n) is 2.11. The Morgan fingerprint density at radius 3 is 2.54 bits per heavy atom. The van der Waals surface area contributed by atoms with Crippen LogP contribution in [0, 0.1) is 11.6 Å². The third-order valence-corrected chi connectivity index (χ3v) is 2.64. The van der Waals surface area contributed by atoms with Crippen LogP contribution in [0.5, 0.6) is 0 Å². The molecule has 0 aromatic heterocycles. The van der Waals surface area contributed by atoms with E-state index in [4.69, 9.17) is 0 Å². The van der Waals surface area contributed by atoms with Gasteiger partial charge in [-0.15, -0.1) is 0 Å². The average Bonchev–Trinajstić information content (AvgIpc) is 2.09. The first-order valence-electron chi connectivity index (χ1n) is 3.11. The normalized spacial score (nSPS) is 9.85. The van der Waals surface area contributed by atoms with Gasteiger partial charge in [0, 0.05) is 0 Å². The molecule has 2 nitrogen and oxygen atoms in total. The summed E-state index contributed by atoms with van der Waals surface area (Å²) in [6.45, 7) is 0. The summed E-state index contributed by atoms with van der Waals surface area (Å²) < 4.78 is 26.0. The van der Waals surface area contributed by atoms with Crippen LogP contribution in [0.25, 0.3) is 0 Å². The Balaban J connectivity index is 3.34. The lowest BCUT2D eigenvalue weighted by atomic mass is 10.3. The number of nitrogens with one attached hydrogen (secondary N) is 1. The molecule has 0 heterocycles. The number of amides is 1. The smallest absolute Gasteiger partial charge is 0.211 e. The van der Waals surface area contributed by atoms with Crippen molar-refractivity contribution in [3.63, 3.8) is 0 Å². The molecule has 70 valence electrons. The molecule has 0 fully saturated rings. The fourth-order valence-corrected chi connectivity index (χ4v) is 1.94. The summed E-state index contributed by atoms with van der Waals surface area (Å²) in [6, 6.07) is 0.936. The van der Waals surface area contributed by atoms with Gasteiger partial charge >= 0.3 is 0 Å². The van der Waals surface area contributed by atoms with Crippen molar-refractivity contribution in [1.82, 2.24) is 0 Å². The van der Waals surface area contributed by atoms with Crippen molar-refractivity contribution in [2.45, 2.75) is 0 Å². The molecule has 0 unspecified atom stereocenters. The van der Waals surface area contributed by atoms with E-state index in [2.05, 4.69) is 31.9 Å². The van der Waals surface area contributed by atoms with Gasteiger partial charge in [-0.1, -0.05) is 0 Å². The maximum Gasteiger partial charge on any atom is 0.211 e. The van der Waals surface area contributed by atoms with E-state index in [0.717, 1.165) is 6.07 Å². The summed E-state index contributed by atoms with van der Waals surface area (Å²) in [4.78, 5) is 10.0. The summed E-state index contributed by atoms with van der Waals surface area (Å²) in [5.74, 6) is -1.38. The zero-order valence-electron chi connectivity index (χ0n) is 6.07. The summed E-state index contributed by atoms with van der Waals surface area (Å²) in [5, 5.41) is 2.05. The minimum absolute atomic E-state index is 0.00618. The van der Waals surface area contributed by atoms with Gasteiger partial charge in [0.25, 0.3) is 0 Å². The molecule has 0 radical (unpaired) electrons. The van der Waals surface area contributed by atoms with Crippen LogP contribution in [0.1, 0.15) is 0 Å². The lowest BCUT2D eigenvalue weighted by Gasteiger charge is -2.06. The van der Waals surface area contributed by atoms with E-state index in [1.165, 1.54) is 0 Å². The number of rotatable bonds is 2. The molecule has 0 saturated carbocycles. The van der Waals surface area contributed by atoms with Gasteiger partial charge in [-0.3, -0.25) is 4.79 Å². The maximum absolute atomic E-state index is 13.1. The van der Waals surface area contributed by atoms with Crippen LogP contribution in [0.4, 0.5) is 14.5 Å². The van der Waals surface area contributed by atoms with E-state index >= 15 is 0 Å². The molecule has 13 heavy (non-hydrogen) atoms. The van der Waals surface area contributed by atoms with Crippen LogP contribution in [0.15, 0.2) is 15.0 Å². The molecule has 0 spiro atoms. The minimum Gasteiger partial charge on any atom is -0.325 e. The third-order valence-electron chi connectivity index (χ3n) is 1.32. The van der Waals surface area contributed by atoms with E-state index in [1.54, 1.807) is 0 Å². The largest absolute Gasteiger partial charge is 0.325 e. The van der Waals surface area contributed by atoms with Gasteiger partial charge in [0.2, 0.25) is 6.41 Å². The molecule has 1 amide bonds. The zero-order chi connectivity index (χ0) is 10.0. The molecule has 1 N–H and O–H groups in total. The van der Waals surface area contributed by atoms with Gasteiger partial charge in [-0.2, -0.15) is 0 Å². The Morgan fingerprint density at radius 2 is 2.00 bits per heavy atom. The Labute approximate surface area is 89.6 Å². The highest BCUT2D eigenvalue weighted by Crippen LogP contribution is 2.32. The lowest BCUT2D eigenvalue weighted by molar-refractivity contribution is -0.105. The van der Waals surface area contributed by atoms with E-state index in [1.807, 2.05) is 5.32 Å². The van der Waals surface area contributed by atoms with Crippen molar-refractivity contribution in [3.05, 3.63) is 26.6 Å². The third kappa shape index (κ3) is 2.05. The molecule has 0 aliphatic carbocycles. The Hall–Kier alpha value is -0.490. The van der Waals surface area contributed by atoms with Crippen molar-refractivity contribution in [2.24, 2.45) is 0 Å². The highest BCUT2D eigenvalue weighted by Gasteiger charge is 2.14. The van der Waals surface area contributed by atoms with Gasteiger partial charge in [-0.25, -0.2) is 8.78 Å². The average molecular weight is 315 g/mol. The van der Waals surface area contributed by atoms with Crippen molar-refractivity contribution in [2.75, 3.05) is 5.32 Å². The summed E-state index contributed by atoms with van der Waals surface area (Å²) in [6.07, 6.45) is 0.274. The van der Waals surface area contributed by atoms with Crippen molar-refractivity contribution in [1.29, 1.82) is 0 Å². The van der Waals surface area contributed by atoms with Crippen LogP contribution in [-0.4, -0.2) is 6.41 Å². The topological polar surface area (TPSA) is 29.1 Å². The van der Waals surface area contributed by atoms with Gasteiger partial charge in [0.05, 0.1) is 14.6 Å². The number of carbonyl (C=O) groups excluding carboxylic acids is 1. The molecule has 0 bridgehead atoms. The molecule has 0 aliphatic heterocycles. The minimum atomic E-state index is -0.716. The number of benzene rings is 1. The zero-order valence-corrected chi connectivity index (χ0v) is 9.25. The maximum atomic E-state index is 13.1. The molecule has 1 rings (SSSR count). The second-order valence-corrected chi connectivity index (χ2v) is 3.75. The molecular formula is C7H3Br2F2NO. The highest BCUT2D eigenvalue weighted by molar-refractivity contribution is 9.11. The van der Waals surface area contributed by atoms with Gasteiger partial charge in [0.1, 0.15) is 5.82 Å². The van der Waals surface area contributed by atoms with Gasteiger partial charge in [0.15, 0.2) is 5.82 Å². The lowest BCUT2D eigenvalue weighted by Crippen LogP contribution is -2.00. The molecular weight excluding hydrogens is 312 g/mol. The van der Waals surface area contributed by atoms with Crippen LogP contribution in [-0.2, 0) is 4.79 Å². The van der Waals surface area contributed by atoms with Crippen LogP contribution >= 0.6 is 31.9 Å². The van der Waals surface area contributed by atoms with Gasteiger partial charge in [-0.05, 0) is 37.9 Å². The molecule has 0 atom stereocenters. The fraction of sp³-hybridized carbons (Fsp3) is 0. The molecule has 1 aromatic rings. The first-order chi connectivity index (χ1) is 6.07. The van der Waals surface area contributed by atoms with E-state index < -0.39 is 11.6 Å². The van der Waals surface area contributed by atoms with Crippen LogP contribution in [0.2, 0.25) is 0 Å². The SMILES string of the molecule is O=CNc1c(F)cc(Br)c(F)c1Br. The highest BCUT2D eigenvalue weighted by atomic mass is 79.9. The van der Waals surface area contributed by atoms with Crippen molar-refractivity contribution >= 4 is 44.0 Å². The number of hydrogen-bond acceptors (Lipinski definition) is 1. The second kappa shape index (κ2) is 4.15. The summed E-state index contributed by atoms with van der Waals surface area (Å²) >= 11 is 5.64. The van der Waals surface area contributed by atoms with Crippen molar-refractivity contribution < 1.29 is 13.6 Å². The van der Waals surface area contributed by atoms with E-state index in [9.17, 15) is 13.6 Å². The van der Waals surface area contributed by atoms with Crippen LogP contribution in [0.3, 0.4) is 0 Å². The van der Waals surface area contributed by atoms with E-state index in [-0.39, 0.29) is 21.0 Å². The Bertz CT molecular complexity index is 357. The summed E-state index contributed by atoms with van der Waals surface area (Å²) in [7, 11) is 0. The Kier molecular flexibility index (Phi) is 3.38. The number of hydrogen-bond donors (Lipinski definition) is 1. The number of carbonyl (C=O) groups is 1. The molecule has 0 aliphatic rings. The first-order valence-corrected chi connectivity index (χ1v) is 4.69. The molecule has 6 heteroatoms. The van der Waals surface area contributed by atoms with Crippen LogP contribution < -0.4 is 5.32 Å². The molecule has 0 saturated heterocycles. The predicted molar refractivity (Wildman–Crippen MR) is 51.4 cm³/mol.